The first kappa shape index (κ1) is 13.3. The molecular weight excluding hydrogens is 300 g/mol. The van der Waals surface area contributed by atoms with Crippen LogP contribution in [0, 0.1) is 0 Å². The average Bonchev–Trinajstić information content (AvgIpc) is 3.11. The number of hydrogen-bond donors (Lipinski definition) is 1. The summed E-state index contributed by atoms with van der Waals surface area (Å²) in [6, 6.07) is 13.1. The van der Waals surface area contributed by atoms with Crippen molar-refractivity contribution in [1.29, 1.82) is 0 Å². The van der Waals surface area contributed by atoms with Gasteiger partial charge in [-0.15, -0.1) is 5.10 Å². The van der Waals surface area contributed by atoms with E-state index in [0.717, 1.165) is 12.8 Å². The zero-order valence-corrected chi connectivity index (χ0v) is 12.4. The number of benzene rings is 2. The van der Waals surface area contributed by atoms with E-state index in [0.29, 0.717) is 16.1 Å². The van der Waals surface area contributed by atoms with E-state index in [2.05, 4.69) is 27.8 Å². The first-order valence-electron chi connectivity index (χ1n) is 7.12. The van der Waals surface area contributed by atoms with E-state index in [9.17, 15) is 4.79 Å². The minimum atomic E-state index is -0.286. The Hall–Kier alpha value is -2.40. The smallest absolute Gasteiger partial charge is 0.329 e. The summed E-state index contributed by atoms with van der Waals surface area (Å²) in [5, 5.41) is 11.5. The van der Waals surface area contributed by atoms with Crippen LogP contribution in [0.15, 0.2) is 42.5 Å². The highest BCUT2D eigenvalue weighted by Crippen LogP contribution is 2.30. The molecular formula is C16H13ClN4O. The average molecular weight is 313 g/mol. The van der Waals surface area contributed by atoms with Gasteiger partial charge in [0, 0.05) is 5.02 Å². The summed E-state index contributed by atoms with van der Waals surface area (Å²) in [6.07, 6.45) is 1.88. The normalized spacial score (nSPS) is 16.7. The van der Waals surface area contributed by atoms with Crippen molar-refractivity contribution in [1.82, 2.24) is 20.3 Å². The number of hydrogen-bond acceptors (Lipinski definition) is 3. The van der Waals surface area contributed by atoms with Gasteiger partial charge >= 0.3 is 6.03 Å². The maximum absolute atomic E-state index is 12.5. The Morgan fingerprint density at radius 1 is 1.27 bits per heavy atom. The third-order valence-corrected chi connectivity index (χ3v) is 4.27. The second-order valence-electron chi connectivity index (χ2n) is 5.37. The van der Waals surface area contributed by atoms with Crippen LogP contribution in [0.4, 0.5) is 4.79 Å². The Balaban J connectivity index is 1.64. The van der Waals surface area contributed by atoms with E-state index in [1.54, 1.807) is 18.2 Å². The minimum Gasteiger partial charge on any atom is -0.329 e. The molecule has 0 bridgehead atoms. The summed E-state index contributed by atoms with van der Waals surface area (Å²) in [6.45, 7) is 0. The van der Waals surface area contributed by atoms with Crippen LogP contribution in [0.3, 0.4) is 0 Å². The van der Waals surface area contributed by atoms with Crippen molar-refractivity contribution in [3.8, 4) is 0 Å². The molecule has 1 aliphatic carbocycles. The lowest BCUT2D eigenvalue weighted by Crippen LogP contribution is -2.32. The van der Waals surface area contributed by atoms with Crippen molar-refractivity contribution in [2.24, 2.45) is 0 Å². The number of nitrogens with zero attached hydrogens (tertiary/aromatic N) is 3. The van der Waals surface area contributed by atoms with Crippen molar-refractivity contribution in [3.05, 3.63) is 58.6 Å². The molecule has 1 amide bonds. The monoisotopic (exact) mass is 312 g/mol. The summed E-state index contributed by atoms with van der Waals surface area (Å²) in [7, 11) is 0. The number of aromatic nitrogens is 3. The Morgan fingerprint density at radius 3 is 3.05 bits per heavy atom. The molecule has 1 heterocycles. The molecule has 0 saturated heterocycles. The van der Waals surface area contributed by atoms with Crippen LogP contribution in [-0.2, 0) is 6.42 Å². The molecule has 4 rings (SSSR count). The summed E-state index contributed by atoms with van der Waals surface area (Å²) >= 11 is 5.99. The third-order valence-electron chi connectivity index (χ3n) is 4.03. The number of carbonyl (C=O) groups excluding carboxylic acids is 1. The maximum Gasteiger partial charge on any atom is 0.344 e. The van der Waals surface area contributed by atoms with Gasteiger partial charge in [-0.25, -0.2) is 4.79 Å². The SMILES string of the molecule is O=C(NC1CCc2ccccc21)n1nnc2ccc(Cl)cc21. The van der Waals surface area contributed by atoms with Crippen LogP contribution in [0.1, 0.15) is 23.6 Å². The largest absolute Gasteiger partial charge is 0.344 e. The van der Waals surface area contributed by atoms with Gasteiger partial charge in [0.1, 0.15) is 11.0 Å². The van der Waals surface area contributed by atoms with Gasteiger partial charge in [0.25, 0.3) is 0 Å². The van der Waals surface area contributed by atoms with E-state index in [1.807, 2.05) is 12.1 Å². The van der Waals surface area contributed by atoms with Gasteiger partial charge in [-0.05, 0) is 42.2 Å². The molecule has 0 radical (unpaired) electrons. The molecule has 1 unspecified atom stereocenters. The molecule has 22 heavy (non-hydrogen) atoms. The number of fused-ring (bicyclic) bond motifs is 2. The molecule has 0 spiro atoms. The number of carbonyl (C=O) groups is 1. The lowest BCUT2D eigenvalue weighted by atomic mass is 10.1. The van der Waals surface area contributed by atoms with Gasteiger partial charge in [-0.3, -0.25) is 0 Å². The van der Waals surface area contributed by atoms with Gasteiger partial charge in [0.05, 0.1) is 6.04 Å². The molecule has 3 aromatic rings. The van der Waals surface area contributed by atoms with E-state index in [4.69, 9.17) is 11.6 Å². The Kier molecular flexibility index (Phi) is 3.08. The van der Waals surface area contributed by atoms with Gasteiger partial charge in [-0.1, -0.05) is 41.1 Å². The molecule has 6 heteroatoms. The third kappa shape index (κ3) is 2.14. The molecule has 0 aliphatic heterocycles. The van der Waals surface area contributed by atoms with Crippen LogP contribution in [0.5, 0.6) is 0 Å². The molecule has 1 aromatic heterocycles. The highest BCUT2D eigenvalue weighted by molar-refractivity contribution is 6.31. The second-order valence-corrected chi connectivity index (χ2v) is 5.81. The number of halogens is 1. The van der Waals surface area contributed by atoms with E-state index in [1.165, 1.54) is 15.8 Å². The topological polar surface area (TPSA) is 59.8 Å². The van der Waals surface area contributed by atoms with E-state index in [-0.39, 0.29) is 12.1 Å². The van der Waals surface area contributed by atoms with Gasteiger partial charge < -0.3 is 5.32 Å². The highest BCUT2D eigenvalue weighted by Gasteiger charge is 2.24. The summed E-state index contributed by atoms with van der Waals surface area (Å²) in [5.41, 5.74) is 3.72. The molecule has 2 aromatic carbocycles. The van der Waals surface area contributed by atoms with Gasteiger partial charge in [0.2, 0.25) is 0 Å². The number of amides is 1. The Labute approximate surface area is 131 Å². The number of aryl methyl sites for hydroxylation is 1. The molecule has 0 fully saturated rings. The van der Waals surface area contributed by atoms with Crippen molar-refractivity contribution < 1.29 is 4.79 Å². The zero-order chi connectivity index (χ0) is 15.1. The standard InChI is InChI=1S/C16H13ClN4O/c17-11-6-8-14-15(9-11)21(20-19-14)16(22)18-13-7-5-10-3-1-2-4-12(10)13/h1-4,6,8-9,13H,5,7H2,(H,18,22). The lowest BCUT2D eigenvalue weighted by Gasteiger charge is -2.13. The maximum atomic E-state index is 12.5. The van der Waals surface area contributed by atoms with Crippen LogP contribution in [-0.4, -0.2) is 21.0 Å². The molecule has 110 valence electrons. The number of rotatable bonds is 1. The fourth-order valence-electron chi connectivity index (χ4n) is 2.96. The fourth-order valence-corrected chi connectivity index (χ4v) is 3.13. The van der Waals surface area contributed by atoms with Gasteiger partial charge in [0.15, 0.2) is 0 Å². The number of nitrogens with one attached hydrogen (secondary N) is 1. The van der Waals surface area contributed by atoms with Crippen molar-refractivity contribution in [3.63, 3.8) is 0 Å². The van der Waals surface area contributed by atoms with Crippen LogP contribution >= 0.6 is 11.6 Å². The zero-order valence-electron chi connectivity index (χ0n) is 11.7. The molecule has 1 N–H and O–H groups in total. The van der Waals surface area contributed by atoms with Crippen molar-refractivity contribution in [2.75, 3.05) is 0 Å². The summed E-state index contributed by atoms with van der Waals surface area (Å²) in [4.78, 5) is 12.5. The summed E-state index contributed by atoms with van der Waals surface area (Å²) in [5.74, 6) is 0. The van der Waals surface area contributed by atoms with Crippen molar-refractivity contribution >= 4 is 28.7 Å². The predicted octanol–water partition coefficient (Wildman–Crippen LogP) is 3.33. The van der Waals surface area contributed by atoms with Crippen LogP contribution < -0.4 is 5.32 Å². The van der Waals surface area contributed by atoms with Crippen molar-refractivity contribution in [2.45, 2.75) is 18.9 Å². The van der Waals surface area contributed by atoms with Crippen LogP contribution in [0.25, 0.3) is 11.0 Å². The minimum absolute atomic E-state index is 0.0159. The highest BCUT2D eigenvalue weighted by atomic mass is 35.5. The van der Waals surface area contributed by atoms with E-state index >= 15 is 0 Å². The fraction of sp³-hybridized carbons (Fsp3) is 0.188. The first-order valence-corrected chi connectivity index (χ1v) is 7.50. The molecule has 0 saturated carbocycles. The Morgan fingerprint density at radius 2 is 2.14 bits per heavy atom. The molecule has 5 nitrogen and oxygen atoms in total. The predicted molar refractivity (Wildman–Crippen MR) is 84.0 cm³/mol. The summed E-state index contributed by atoms with van der Waals surface area (Å²) < 4.78 is 1.27. The quantitative estimate of drug-likeness (QED) is 0.749. The first-order chi connectivity index (χ1) is 10.7. The van der Waals surface area contributed by atoms with E-state index < -0.39 is 0 Å². The second kappa shape index (κ2) is 5.10. The lowest BCUT2D eigenvalue weighted by molar-refractivity contribution is 0.236. The van der Waals surface area contributed by atoms with Gasteiger partial charge in [-0.2, -0.15) is 4.68 Å². The Bertz CT molecular complexity index is 873. The van der Waals surface area contributed by atoms with Crippen LogP contribution in [0.2, 0.25) is 5.02 Å². The molecule has 1 aliphatic rings. The molecule has 1 atom stereocenters.